The highest BCUT2D eigenvalue weighted by molar-refractivity contribution is 7.16. The third kappa shape index (κ3) is 4.42. The quantitative estimate of drug-likeness (QED) is 0.832. The number of carbonyl (C=O) groups excluding carboxylic acids is 1. The minimum absolute atomic E-state index is 0.0752. The first-order valence-corrected chi connectivity index (χ1v) is 9.37. The first-order chi connectivity index (χ1) is 11.5. The van der Waals surface area contributed by atoms with Crippen LogP contribution in [0.15, 0.2) is 30.3 Å². The first-order valence-electron chi connectivity index (χ1n) is 7.80. The average molecular weight is 384 g/mol. The largest absolute Gasteiger partial charge is 0.322 e. The molecule has 1 saturated heterocycles. The Morgan fingerprint density at radius 1 is 1.17 bits per heavy atom. The molecule has 0 spiro atoms. The zero-order chi connectivity index (χ0) is 17.1. The van der Waals surface area contributed by atoms with E-state index in [1.807, 2.05) is 30.0 Å². The predicted molar refractivity (Wildman–Crippen MR) is 101 cm³/mol. The number of benzene rings is 1. The van der Waals surface area contributed by atoms with Crippen molar-refractivity contribution in [1.82, 2.24) is 9.80 Å². The summed E-state index contributed by atoms with van der Waals surface area (Å²) in [5.74, 6) is 0. The second-order valence-corrected chi connectivity index (χ2v) is 8.07. The van der Waals surface area contributed by atoms with Crippen LogP contribution < -0.4 is 5.32 Å². The lowest BCUT2D eigenvalue weighted by atomic mass is 10.2. The lowest BCUT2D eigenvalue weighted by molar-refractivity contribution is 0.143. The number of urea groups is 1. The lowest BCUT2D eigenvalue weighted by Gasteiger charge is -2.34. The SMILES string of the molecule is Cc1ccc(NC(=O)N2CCN(Cc3ccc(Cl)s3)CC2)cc1Cl. The molecule has 24 heavy (non-hydrogen) atoms. The zero-order valence-corrected chi connectivity index (χ0v) is 15.7. The number of aryl methyl sites for hydroxylation is 1. The number of piperazine rings is 1. The van der Waals surface area contributed by atoms with Crippen molar-refractivity contribution in [2.45, 2.75) is 13.5 Å². The maximum atomic E-state index is 12.4. The van der Waals surface area contributed by atoms with E-state index in [-0.39, 0.29) is 6.03 Å². The average Bonchev–Trinajstić information content (AvgIpc) is 2.96. The smallest absolute Gasteiger partial charge is 0.321 e. The number of thiophene rings is 1. The number of nitrogens with one attached hydrogen (secondary N) is 1. The van der Waals surface area contributed by atoms with Crippen LogP contribution in [0.4, 0.5) is 10.5 Å². The number of hydrogen-bond donors (Lipinski definition) is 1. The summed E-state index contributed by atoms with van der Waals surface area (Å²) in [6.45, 7) is 5.97. The van der Waals surface area contributed by atoms with Crippen molar-refractivity contribution in [1.29, 1.82) is 0 Å². The van der Waals surface area contributed by atoms with Gasteiger partial charge in [0.05, 0.1) is 4.34 Å². The highest BCUT2D eigenvalue weighted by Gasteiger charge is 2.21. The minimum Gasteiger partial charge on any atom is -0.322 e. The summed E-state index contributed by atoms with van der Waals surface area (Å²) in [7, 11) is 0. The summed E-state index contributed by atoms with van der Waals surface area (Å²) in [6.07, 6.45) is 0. The van der Waals surface area contributed by atoms with Crippen LogP contribution in [0.25, 0.3) is 0 Å². The third-order valence-electron chi connectivity index (χ3n) is 4.09. The first kappa shape index (κ1) is 17.5. The number of carbonyl (C=O) groups is 1. The van der Waals surface area contributed by atoms with Crippen molar-refractivity contribution in [2.75, 3.05) is 31.5 Å². The van der Waals surface area contributed by atoms with Gasteiger partial charge in [0.15, 0.2) is 0 Å². The molecule has 0 aliphatic carbocycles. The molecule has 2 heterocycles. The van der Waals surface area contributed by atoms with E-state index in [2.05, 4.69) is 16.3 Å². The van der Waals surface area contributed by atoms with Gasteiger partial charge in [0.1, 0.15) is 0 Å². The molecule has 1 aromatic carbocycles. The number of hydrogen-bond acceptors (Lipinski definition) is 3. The Bertz CT molecular complexity index is 726. The van der Waals surface area contributed by atoms with Gasteiger partial charge in [0.25, 0.3) is 0 Å². The van der Waals surface area contributed by atoms with Gasteiger partial charge in [0, 0.05) is 48.3 Å². The molecular weight excluding hydrogens is 365 g/mol. The molecule has 0 radical (unpaired) electrons. The van der Waals surface area contributed by atoms with E-state index in [1.165, 1.54) is 4.88 Å². The van der Waals surface area contributed by atoms with Crippen LogP contribution in [-0.2, 0) is 6.54 Å². The zero-order valence-electron chi connectivity index (χ0n) is 13.4. The van der Waals surface area contributed by atoms with Crippen molar-refractivity contribution in [3.8, 4) is 0 Å². The number of halogens is 2. The van der Waals surface area contributed by atoms with Gasteiger partial charge in [-0.3, -0.25) is 4.90 Å². The molecule has 7 heteroatoms. The van der Waals surface area contributed by atoms with E-state index in [0.717, 1.165) is 35.2 Å². The second kappa shape index (κ2) is 7.74. The minimum atomic E-state index is -0.0752. The van der Waals surface area contributed by atoms with Crippen LogP contribution in [0.5, 0.6) is 0 Å². The van der Waals surface area contributed by atoms with Crippen LogP contribution in [-0.4, -0.2) is 42.0 Å². The van der Waals surface area contributed by atoms with Crippen molar-refractivity contribution in [2.24, 2.45) is 0 Å². The molecule has 0 bridgehead atoms. The molecule has 0 atom stereocenters. The highest BCUT2D eigenvalue weighted by Crippen LogP contribution is 2.23. The Morgan fingerprint density at radius 3 is 2.54 bits per heavy atom. The van der Waals surface area contributed by atoms with Gasteiger partial charge in [0.2, 0.25) is 0 Å². The number of nitrogens with zero attached hydrogens (tertiary/aromatic N) is 2. The van der Waals surface area contributed by atoms with Crippen molar-refractivity contribution in [3.05, 3.63) is 50.1 Å². The molecule has 1 N–H and O–H groups in total. The predicted octanol–water partition coefficient (Wildman–Crippen LogP) is 4.71. The van der Waals surface area contributed by atoms with E-state index in [4.69, 9.17) is 23.2 Å². The van der Waals surface area contributed by atoms with Gasteiger partial charge >= 0.3 is 6.03 Å². The Labute approximate surface area is 156 Å². The summed E-state index contributed by atoms with van der Waals surface area (Å²) in [5, 5.41) is 3.58. The summed E-state index contributed by atoms with van der Waals surface area (Å²) in [6, 6.07) is 9.48. The number of amides is 2. The summed E-state index contributed by atoms with van der Waals surface area (Å²) < 4.78 is 0.819. The molecule has 4 nitrogen and oxygen atoms in total. The Hall–Kier alpha value is -1.27. The fourth-order valence-corrected chi connectivity index (χ4v) is 3.95. The van der Waals surface area contributed by atoms with Crippen LogP contribution >= 0.6 is 34.5 Å². The maximum Gasteiger partial charge on any atom is 0.321 e. The maximum absolute atomic E-state index is 12.4. The monoisotopic (exact) mass is 383 g/mol. The standard InChI is InChI=1S/C17H19Cl2N3OS/c1-12-2-3-13(10-15(12)18)20-17(23)22-8-6-21(7-9-22)11-14-4-5-16(19)24-14/h2-5,10H,6-9,11H2,1H3,(H,20,23). The van der Waals surface area contributed by atoms with E-state index >= 15 is 0 Å². The Balaban J connectivity index is 1.50. The molecule has 128 valence electrons. The summed E-state index contributed by atoms with van der Waals surface area (Å²) in [4.78, 5) is 17.8. The fraction of sp³-hybridized carbons (Fsp3) is 0.353. The molecule has 2 aromatic rings. The van der Waals surface area contributed by atoms with Gasteiger partial charge in [-0.1, -0.05) is 29.3 Å². The molecule has 0 saturated carbocycles. The molecule has 1 aromatic heterocycles. The van der Waals surface area contributed by atoms with E-state index in [0.29, 0.717) is 18.1 Å². The van der Waals surface area contributed by atoms with Gasteiger partial charge in [-0.2, -0.15) is 0 Å². The van der Waals surface area contributed by atoms with Crippen molar-refractivity contribution in [3.63, 3.8) is 0 Å². The second-order valence-electron chi connectivity index (χ2n) is 5.86. The topological polar surface area (TPSA) is 35.6 Å². The summed E-state index contributed by atoms with van der Waals surface area (Å²) in [5.41, 5.74) is 1.73. The molecule has 3 rings (SSSR count). The van der Waals surface area contributed by atoms with Gasteiger partial charge in [-0.05, 0) is 36.8 Å². The van der Waals surface area contributed by atoms with Gasteiger partial charge < -0.3 is 10.2 Å². The summed E-state index contributed by atoms with van der Waals surface area (Å²) >= 11 is 13.7. The molecular formula is C17H19Cl2N3OS. The van der Waals surface area contributed by atoms with Crippen LogP contribution in [0, 0.1) is 6.92 Å². The Kier molecular flexibility index (Phi) is 5.66. The molecule has 0 unspecified atom stereocenters. The molecule has 1 fully saturated rings. The van der Waals surface area contributed by atoms with E-state index < -0.39 is 0 Å². The van der Waals surface area contributed by atoms with E-state index in [1.54, 1.807) is 17.4 Å². The lowest BCUT2D eigenvalue weighted by Crippen LogP contribution is -2.49. The molecule has 1 aliphatic heterocycles. The molecule has 2 amide bonds. The van der Waals surface area contributed by atoms with E-state index in [9.17, 15) is 4.79 Å². The Morgan fingerprint density at radius 2 is 1.92 bits per heavy atom. The van der Waals surface area contributed by atoms with Gasteiger partial charge in [-0.15, -0.1) is 11.3 Å². The van der Waals surface area contributed by atoms with Crippen LogP contribution in [0.2, 0.25) is 9.36 Å². The normalized spacial score (nSPS) is 15.5. The van der Waals surface area contributed by atoms with Gasteiger partial charge in [-0.25, -0.2) is 4.79 Å². The highest BCUT2D eigenvalue weighted by atomic mass is 35.5. The van der Waals surface area contributed by atoms with Crippen LogP contribution in [0.3, 0.4) is 0 Å². The molecule has 1 aliphatic rings. The van der Waals surface area contributed by atoms with Crippen molar-refractivity contribution < 1.29 is 4.79 Å². The van der Waals surface area contributed by atoms with Crippen molar-refractivity contribution >= 4 is 46.3 Å². The fourth-order valence-electron chi connectivity index (χ4n) is 2.64. The van der Waals surface area contributed by atoms with Crippen LogP contribution in [0.1, 0.15) is 10.4 Å². The number of anilines is 1. The number of rotatable bonds is 3. The third-order valence-corrected chi connectivity index (χ3v) is 5.71.